The number of hydrogen-bond acceptors (Lipinski definition) is 4. The first kappa shape index (κ1) is 12.5. The molecule has 0 N–H and O–H groups in total. The molecule has 0 spiro atoms. The minimum atomic E-state index is 0.129. The zero-order valence-electron chi connectivity index (χ0n) is 9.01. The van der Waals surface area contributed by atoms with Crippen LogP contribution in [0.25, 0.3) is 6.08 Å². The zero-order chi connectivity index (χ0) is 11.8. The van der Waals surface area contributed by atoms with Gasteiger partial charge in [-0.2, -0.15) is 5.26 Å². The van der Waals surface area contributed by atoms with E-state index in [4.69, 9.17) is 5.26 Å². The quantitative estimate of drug-likeness (QED) is 0.749. The molecular formula is C12H12N2OS. The second-order valence-corrected chi connectivity index (χ2v) is 4.35. The van der Waals surface area contributed by atoms with Gasteiger partial charge < -0.3 is 0 Å². The lowest BCUT2D eigenvalue weighted by molar-refractivity contribution is -0.109. The largest absolute Gasteiger partial charge is 0.288 e. The van der Waals surface area contributed by atoms with Gasteiger partial charge in [0.05, 0.1) is 11.3 Å². The predicted molar refractivity (Wildman–Crippen MR) is 65.7 cm³/mol. The van der Waals surface area contributed by atoms with Crippen molar-refractivity contribution in [2.75, 3.05) is 5.75 Å². The molecule has 82 valence electrons. The highest BCUT2D eigenvalue weighted by molar-refractivity contribution is 8.13. The summed E-state index contributed by atoms with van der Waals surface area (Å²) in [5.41, 5.74) is 1.25. The summed E-state index contributed by atoms with van der Waals surface area (Å²) in [5, 5.41) is 8.95. The smallest absolute Gasteiger partial charge is 0.185 e. The van der Waals surface area contributed by atoms with Gasteiger partial charge >= 0.3 is 0 Å². The predicted octanol–water partition coefficient (Wildman–Crippen LogP) is 2.64. The Balaban J connectivity index is 2.50. The molecule has 0 atom stereocenters. The van der Waals surface area contributed by atoms with Crippen LogP contribution in [-0.4, -0.2) is 15.9 Å². The number of hydrogen-bond donors (Lipinski definition) is 0. The van der Waals surface area contributed by atoms with Gasteiger partial charge in [0.25, 0.3) is 0 Å². The second kappa shape index (κ2) is 6.81. The van der Waals surface area contributed by atoms with Gasteiger partial charge in [0, 0.05) is 18.9 Å². The van der Waals surface area contributed by atoms with Crippen molar-refractivity contribution in [1.82, 2.24) is 4.98 Å². The summed E-state index contributed by atoms with van der Waals surface area (Å²) >= 11 is 1.30. The van der Waals surface area contributed by atoms with Crippen molar-refractivity contribution >= 4 is 23.0 Å². The third kappa shape index (κ3) is 4.28. The van der Waals surface area contributed by atoms with Gasteiger partial charge in [0.1, 0.15) is 6.07 Å². The summed E-state index contributed by atoms with van der Waals surface area (Å²) in [7, 11) is 0. The normalized spacial score (nSPS) is 10.2. The fourth-order valence-corrected chi connectivity index (χ4v) is 1.65. The number of carbonyl (C=O) groups is 1. The average molecular weight is 232 g/mol. The SMILES string of the molecule is CC(=O)SCCC=Cc1ncccc1C#N. The molecule has 0 saturated carbocycles. The fourth-order valence-electron chi connectivity index (χ4n) is 1.11. The van der Waals surface area contributed by atoms with Gasteiger partial charge in [-0.25, -0.2) is 0 Å². The number of pyridine rings is 1. The number of nitrogens with zero attached hydrogens (tertiary/aromatic N) is 2. The summed E-state index contributed by atoms with van der Waals surface area (Å²) in [5.74, 6) is 0.764. The zero-order valence-corrected chi connectivity index (χ0v) is 9.83. The Bertz CT molecular complexity index is 435. The van der Waals surface area contributed by atoms with Crippen molar-refractivity contribution in [2.45, 2.75) is 13.3 Å². The van der Waals surface area contributed by atoms with Gasteiger partial charge in [0.2, 0.25) is 0 Å². The van der Waals surface area contributed by atoms with Crippen molar-refractivity contribution in [3.8, 4) is 6.07 Å². The molecule has 1 rings (SSSR count). The lowest BCUT2D eigenvalue weighted by Gasteiger charge is -1.95. The van der Waals surface area contributed by atoms with E-state index in [1.165, 1.54) is 11.8 Å². The highest BCUT2D eigenvalue weighted by atomic mass is 32.2. The van der Waals surface area contributed by atoms with Crippen molar-refractivity contribution in [3.63, 3.8) is 0 Å². The Morgan fingerprint density at radius 3 is 3.19 bits per heavy atom. The minimum absolute atomic E-state index is 0.129. The molecule has 0 saturated heterocycles. The van der Waals surface area contributed by atoms with Crippen LogP contribution in [-0.2, 0) is 4.79 Å². The van der Waals surface area contributed by atoms with Crippen LogP contribution in [0.15, 0.2) is 24.4 Å². The average Bonchev–Trinajstić information content (AvgIpc) is 2.29. The molecule has 1 aromatic rings. The molecule has 0 aromatic carbocycles. The van der Waals surface area contributed by atoms with E-state index in [1.807, 2.05) is 12.2 Å². The van der Waals surface area contributed by atoms with E-state index in [1.54, 1.807) is 25.3 Å². The maximum absolute atomic E-state index is 10.7. The van der Waals surface area contributed by atoms with Crippen LogP contribution >= 0.6 is 11.8 Å². The third-order valence-electron chi connectivity index (χ3n) is 1.82. The molecule has 0 aliphatic carbocycles. The van der Waals surface area contributed by atoms with Gasteiger partial charge in [-0.15, -0.1) is 0 Å². The number of thioether (sulfide) groups is 1. The Hall–Kier alpha value is -1.60. The van der Waals surface area contributed by atoms with Crippen LogP contribution < -0.4 is 0 Å². The maximum Gasteiger partial charge on any atom is 0.185 e. The lowest BCUT2D eigenvalue weighted by atomic mass is 10.2. The van der Waals surface area contributed by atoms with Crippen LogP contribution in [0.5, 0.6) is 0 Å². The van der Waals surface area contributed by atoms with Crippen molar-refractivity contribution < 1.29 is 4.79 Å². The Labute approximate surface area is 99.2 Å². The standard InChI is InChI=1S/C12H12N2OS/c1-10(15)16-8-3-2-6-12-11(9-13)5-4-7-14-12/h2,4-7H,3,8H2,1H3. The lowest BCUT2D eigenvalue weighted by Crippen LogP contribution is -1.86. The highest BCUT2D eigenvalue weighted by Crippen LogP contribution is 2.08. The summed E-state index contributed by atoms with van der Waals surface area (Å²) in [6.07, 6.45) is 6.20. The van der Waals surface area contributed by atoms with E-state index in [-0.39, 0.29) is 5.12 Å². The first-order valence-electron chi connectivity index (χ1n) is 4.89. The first-order valence-corrected chi connectivity index (χ1v) is 5.87. The molecule has 0 aliphatic heterocycles. The molecule has 0 aliphatic rings. The van der Waals surface area contributed by atoms with Gasteiger partial charge in [-0.1, -0.05) is 17.8 Å². The molecule has 0 radical (unpaired) electrons. The molecular weight excluding hydrogens is 220 g/mol. The summed E-state index contributed by atoms with van der Waals surface area (Å²) in [6, 6.07) is 5.55. The first-order chi connectivity index (χ1) is 7.74. The van der Waals surface area contributed by atoms with Crippen LogP contribution in [0.4, 0.5) is 0 Å². The third-order valence-corrected chi connectivity index (χ3v) is 2.67. The van der Waals surface area contributed by atoms with Gasteiger partial charge in [-0.3, -0.25) is 9.78 Å². The monoisotopic (exact) mass is 232 g/mol. The molecule has 0 fully saturated rings. The van der Waals surface area contributed by atoms with Crippen LogP contribution in [0.1, 0.15) is 24.6 Å². The van der Waals surface area contributed by atoms with Gasteiger partial charge in [0.15, 0.2) is 5.12 Å². The number of aromatic nitrogens is 1. The molecule has 0 amide bonds. The van der Waals surface area contributed by atoms with E-state index >= 15 is 0 Å². The number of carbonyl (C=O) groups excluding carboxylic acids is 1. The van der Waals surface area contributed by atoms with Crippen LogP contribution in [0, 0.1) is 11.3 Å². The summed E-state index contributed by atoms with van der Waals surface area (Å²) in [4.78, 5) is 14.8. The second-order valence-electron chi connectivity index (χ2n) is 3.08. The van der Waals surface area contributed by atoms with Gasteiger partial charge in [-0.05, 0) is 24.6 Å². The number of rotatable bonds is 4. The minimum Gasteiger partial charge on any atom is -0.288 e. The number of allylic oxidation sites excluding steroid dienone is 1. The van der Waals surface area contributed by atoms with E-state index in [2.05, 4.69) is 11.1 Å². The molecule has 0 bridgehead atoms. The molecule has 1 aromatic heterocycles. The Morgan fingerprint density at radius 2 is 2.50 bits per heavy atom. The Morgan fingerprint density at radius 1 is 1.69 bits per heavy atom. The molecule has 3 nitrogen and oxygen atoms in total. The maximum atomic E-state index is 10.7. The summed E-state index contributed by atoms with van der Waals surface area (Å²) in [6.45, 7) is 1.56. The molecule has 16 heavy (non-hydrogen) atoms. The molecule has 1 heterocycles. The van der Waals surface area contributed by atoms with Crippen molar-refractivity contribution in [3.05, 3.63) is 35.7 Å². The number of nitriles is 1. The molecule has 4 heteroatoms. The van der Waals surface area contributed by atoms with E-state index in [0.717, 1.165) is 12.2 Å². The van der Waals surface area contributed by atoms with Crippen molar-refractivity contribution in [2.24, 2.45) is 0 Å². The highest BCUT2D eigenvalue weighted by Gasteiger charge is 1.97. The van der Waals surface area contributed by atoms with E-state index < -0.39 is 0 Å². The van der Waals surface area contributed by atoms with E-state index in [0.29, 0.717) is 11.3 Å². The molecule has 0 unspecified atom stereocenters. The van der Waals surface area contributed by atoms with Crippen molar-refractivity contribution in [1.29, 1.82) is 5.26 Å². The summed E-state index contributed by atoms with van der Waals surface area (Å²) < 4.78 is 0. The van der Waals surface area contributed by atoms with Crippen LogP contribution in [0.3, 0.4) is 0 Å². The van der Waals surface area contributed by atoms with E-state index in [9.17, 15) is 4.79 Å². The van der Waals surface area contributed by atoms with Crippen LogP contribution in [0.2, 0.25) is 0 Å². The topological polar surface area (TPSA) is 53.8 Å². The Kier molecular flexibility index (Phi) is 5.30. The fraction of sp³-hybridized carbons (Fsp3) is 0.250.